The van der Waals surface area contributed by atoms with Gasteiger partial charge in [-0.1, -0.05) is 0 Å². The number of hydrogen-bond donors (Lipinski definition) is 3. The van der Waals surface area contributed by atoms with E-state index in [1.54, 1.807) is 0 Å². The zero-order valence-corrected chi connectivity index (χ0v) is 17.6. The Balaban J connectivity index is 1.20. The van der Waals surface area contributed by atoms with Crippen molar-refractivity contribution in [1.82, 2.24) is 15.1 Å². The Kier molecular flexibility index (Phi) is 9.33. The zero-order chi connectivity index (χ0) is 18.9. The van der Waals surface area contributed by atoms with E-state index in [9.17, 15) is 0 Å². The van der Waals surface area contributed by atoms with Crippen molar-refractivity contribution in [3.05, 3.63) is 0 Å². The number of nitrogens with zero attached hydrogens (tertiary/aromatic N) is 2. The van der Waals surface area contributed by atoms with Crippen LogP contribution < -0.4 is 16.8 Å². The van der Waals surface area contributed by atoms with Crippen LogP contribution in [-0.2, 0) is 0 Å². The molecule has 158 valence electrons. The minimum absolute atomic E-state index is 0.799. The molecule has 0 radical (unpaired) electrons. The average Bonchev–Trinajstić information content (AvgIpc) is 2.73. The monoisotopic (exact) mass is 379 g/mol. The Morgan fingerprint density at radius 3 is 1.67 bits per heavy atom. The lowest BCUT2D eigenvalue weighted by molar-refractivity contribution is 0.105. The smallest absolute Gasteiger partial charge is 0.0110 e. The van der Waals surface area contributed by atoms with Crippen LogP contribution in [-0.4, -0.2) is 75.2 Å². The fraction of sp³-hybridized carbons (Fsp3) is 1.00. The standard InChI is InChI=1S/C22H45N5/c23-15-19-1-5-21(6-2-19)17-25-9-10-26-11-13-27(14-12-26)18-22-7-3-20(16-24)4-8-22/h19-22,25H,1-18,23-24H2. The molecule has 3 fully saturated rings. The second-order valence-electron chi connectivity index (χ2n) is 9.59. The fourth-order valence-corrected chi connectivity index (χ4v) is 5.43. The predicted molar refractivity (Wildman–Crippen MR) is 115 cm³/mol. The second-order valence-corrected chi connectivity index (χ2v) is 9.59. The van der Waals surface area contributed by atoms with Gasteiger partial charge in [0.2, 0.25) is 0 Å². The highest BCUT2D eigenvalue weighted by molar-refractivity contribution is 4.79. The van der Waals surface area contributed by atoms with Crippen LogP contribution in [0.25, 0.3) is 0 Å². The molecule has 2 saturated carbocycles. The zero-order valence-electron chi connectivity index (χ0n) is 17.6. The van der Waals surface area contributed by atoms with Crippen molar-refractivity contribution in [3.8, 4) is 0 Å². The Morgan fingerprint density at radius 1 is 0.630 bits per heavy atom. The van der Waals surface area contributed by atoms with Crippen molar-refractivity contribution in [2.75, 3.05) is 65.4 Å². The van der Waals surface area contributed by atoms with Gasteiger partial charge in [-0.05, 0) is 94.7 Å². The van der Waals surface area contributed by atoms with Gasteiger partial charge in [0.25, 0.3) is 0 Å². The molecular weight excluding hydrogens is 334 g/mol. The molecule has 0 aromatic rings. The summed E-state index contributed by atoms with van der Waals surface area (Å²) in [4.78, 5) is 5.37. The van der Waals surface area contributed by atoms with Gasteiger partial charge in [-0.25, -0.2) is 0 Å². The largest absolute Gasteiger partial charge is 0.330 e. The fourth-order valence-electron chi connectivity index (χ4n) is 5.43. The van der Waals surface area contributed by atoms with Crippen LogP contribution in [0.15, 0.2) is 0 Å². The van der Waals surface area contributed by atoms with Crippen molar-refractivity contribution < 1.29 is 0 Å². The minimum Gasteiger partial charge on any atom is -0.330 e. The SMILES string of the molecule is NCC1CCC(CNCCN2CCN(CC3CCC(CN)CC3)CC2)CC1. The van der Waals surface area contributed by atoms with E-state index in [1.165, 1.54) is 97.2 Å². The summed E-state index contributed by atoms with van der Waals surface area (Å²) in [5, 5.41) is 3.73. The van der Waals surface area contributed by atoms with Gasteiger partial charge in [0, 0.05) is 45.8 Å². The molecule has 0 aromatic carbocycles. The van der Waals surface area contributed by atoms with Gasteiger partial charge < -0.3 is 21.7 Å². The minimum atomic E-state index is 0.799. The summed E-state index contributed by atoms with van der Waals surface area (Å²) in [5.74, 6) is 3.42. The number of piperazine rings is 1. The summed E-state index contributed by atoms with van der Waals surface area (Å²) >= 11 is 0. The Labute approximate surface area is 167 Å². The third-order valence-corrected chi connectivity index (χ3v) is 7.62. The van der Waals surface area contributed by atoms with Crippen molar-refractivity contribution in [1.29, 1.82) is 0 Å². The maximum absolute atomic E-state index is 5.83. The molecule has 1 aliphatic heterocycles. The van der Waals surface area contributed by atoms with E-state index < -0.39 is 0 Å². The van der Waals surface area contributed by atoms with Crippen LogP contribution in [0.3, 0.4) is 0 Å². The highest BCUT2D eigenvalue weighted by Gasteiger charge is 2.24. The van der Waals surface area contributed by atoms with Gasteiger partial charge in [-0.15, -0.1) is 0 Å². The lowest BCUT2D eigenvalue weighted by Crippen LogP contribution is -2.49. The maximum atomic E-state index is 5.83. The molecule has 0 bridgehead atoms. The first-order valence-electron chi connectivity index (χ1n) is 11.8. The summed E-state index contributed by atoms with van der Waals surface area (Å²) in [6, 6.07) is 0. The highest BCUT2D eigenvalue weighted by Crippen LogP contribution is 2.29. The Hall–Kier alpha value is -0.200. The molecule has 5 heteroatoms. The van der Waals surface area contributed by atoms with E-state index in [-0.39, 0.29) is 0 Å². The number of nitrogens with one attached hydrogen (secondary N) is 1. The first kappa shape index (κ1) is 21.5. The first-order chi connectivity index (χ1) is 13.3. The van der Waals surface area contributed by atoms with Crippen LogP contribution in [0, 0.1) is 23.7 Å². The van der Waals surface area contributed by atoms with Crippen molar-refractivity contribution >= 4 is 0 Å². The molecule has 0 spiro atoms. The summed E-state index contributed by atoms with van der Waals surface area (Å²) in [5.41, 5.74) is 11.6. The maximum Gasteiger partial charge on any atom is 0.0110 e. The Morgan fingerprint density at radius 2 is 1.11 bits per heavy atom. The molecule has 1 saturated heterocycles. The van der Waals surface area contributed by atoms with Crippen LogP contribution in [0.5, 0.6) is 0 Å². The van der Waals surface area contributed by atoms with E-state index in [0.717, 1.165) is 43.3 Å². The number of rotatable bonds is 9. The molecule has 1 heterocycles. The normalized spacial score (nSPS) is 34.0. The molecule has 5 nitrogen and oxygen atoms in total. The van der Waals surface area contributed by atoms with Crippen LogP contribution in [0.1, 0.15) is 51.4 Å². The van der Waals surface area contributed by atoms with Crippen LogP contribution in [0.2, 0.25) is 0 Å². The number of nitrogens with two attached hydrogens (primary N) is 2. The van der Waals surface area contributed by atoms with Gasteiger partial charge in [-0.3, -0.25) is 4.90 Å². The predicted octanol–water partition coefficient (Wildman–Crippen LogP) is 1.72. The summed E-state index contributed by atoms with van der Waals surface area (Å²) in [6.45, 7) is 11.7. The quantitative estimate of drug-likeness (QED) is 0.532. The van der Waals surface area contributed by atoms with E-state index >= 15 is 0 Å². The molecule has 0 amide bonds. The first-order valence-corrected chi connectivity index (χ1v) is 11.8. The molecule has 2 aliphatic carbocycles. The lowest BCUT2D eigenvalue weighted by Gasteiger charge is -2.38. The molecule has 3 rings (SSSR count). The van der Waals surface area contributed by atoms with E-state index in [4.69, 9.17) is 11.5 Å². The Bertz CT molecular complexity index is 377. The van der Waals surface area contributed by atoms with Gasteiger partial charge in [0.1, 0.15) is 0 Å². The summed E-state index contributed by atoms with van der Waals surface area (Å²) in [7, 11) is 0. The number of hydrogen-bond acceptors (Lipinski definition) is 5. The molecular formula is C22H45N5. The topological polar surface area (TPSA) is 70.5 Å². The van der Waals surface area contributed by atoms with Gasteiger partial charge in [0.15, 0.2) is 0 Å². The summed E-state index contributed by atoms with van der Waals surface area (Å²) < 4.78 is 0. The second kappa shape index (κ2) is 11.7. The van der Waals surface area contributed by atoms with Crippen molar-refractivity contribution in [3.63, 3.8) is 0 Å². The van der Waals surface area contributed by atoms with Gasteiger partial charge in [0.05, 0.1) is 0 Å². The lowest BCUT2D eigenvalue weighted by atomic mass is 9.82. The highest BCUT2D eigenvalue weighted by atomic mass is 15.3. The van der Waals surface area contributed by atoms with E-state index in [2.05, 4.69) is 15.1 Å². The summed E-state index contributed by atoms with van der Waals surface area (Å²) in [6.07, 6.45) is 11.0. The molecule has 27 heavy (non-hydrogen) atoms. The third kappa shape index (κ3) is 7.28. The average molecular weight is 380 g/mol. The molecule has 0 atom stereocenters. The molecule has 3 aliphatic rings. The van der Waals surface area contributed by atoms with E-state index in [0.29, 0.717) is 0 Å². The molecule has 5 N–H and O–H groups in total. The van der Waals surface area contributed by atoms with Gasteiger partial charge >= 0.3 is 0 Å². The van der Waals surface area contributed by atoms with Crippen molar-refractivity contribution in [2.45, 2.75) is 51.4 Å². The third-order valence-electron chi connectivity index (χ3n) is 7.62. The van der Waals surface area contributed by atoms with E-state index in [1.807, 2.05) is 0 Å². The van der Waals surface area contributed by atoms with Crippen LogP contribution >= 0.6 is 0 Å². The van der Waals surface area contributed by atoms with Crippen molar-refractivity contribution in [2.24, 2.45) is 35.1 Å². The molecule has 0 unspecified atom stereocenters. The van der Waals surface area contributed by atoms with Gasteiger partial charge in [-0.2, -0.15) is 0 Å². The van der Waals surface area contributed by atoms with Crippen LogP contribution in [0.4, 0.5) is 0 Å². The molecule has 0 aromatic heterocycles.